The van der Waals surface area contributed by atoms with Crippen molar-refractivity contribution in [3.8, 4) is 17.2 Å². The Hall–Kier alpha value is -2.11. The SMILES string of the molecule is COc1cc2c(c(OC)c1OC)CC(C(=O)O)N2. The Kier molecular flexibility index (Phi) is 3.18. The standard InChI is InChI=1S/C12H15NO5/c1-16-9-5-7-6(4-8(13-7)12(14)15)10(17-2)11(9)18-3/h5,8,13H,4H2,1-3H3,(H,14,15). The maximum Gasteiger partial charge on any atom is 0.326 e. The van der Waals surface area contributed by atoms with Crippen LogP contribution in [0.2, 0.25) is 0 Å². The van der Waals surface area contributed by atoms with E-state index in [0.717, 1.165) is 5.56 Å². The van der Waals surface area contributed by atoms with Crippen molar-refractivity contribution in [2.45, 2.75) is 12.5 Å². The van der Waals surface area contributed by atoms with Gasteiger partial charge in [-0.3, -0.25) is 0 Å². The average Bonchev–Trinajstić information content (AvgIpc) is 2.79. The van der Waals surface area contributed by atoms with Gasteiger partial charge in [0.2, 0.25) is 5.75 Å². The molecule has 1 aromatic carbocycles. The number of fused-ring (bicyclic) bond motifs is 1. The zero-order valence-corrected chi connectivity index (χ0v) is 10.4. The predicted octanol–water partition coefficient (Wildman–Crippen LogP) is 1.13. The van der Waals surface area contributed by atoms with Gasteiger partial charge >= 0.3 is 5.97 Å². The molecule has 0 radical (unpaired) electrons. The Morgan fingerprint density at radius 2 is 1.94 bits per heavy atom. The summed E-state index contributed by atoms with van der Waals surface area (Å²) in [5.41, 5.74) is 1.50. The molecule has 1 atom stereocenters. The molecule has 1 aliphatic heterocycles. The third kappa shape index (κ3) is 1.79. The monoisotopic (exact) mass is 253 g/mol. The number of hydrogen-bond acceptors (Lipinski definition) is 5. The Bertz CT molecular complexity index is 486. The van der Waals surface area contributed by atoms with E-state index in [1.54, 1.807) is 6.07 Å². The molecular formula is C12H15NO5. The molecule has 0 saturated carbocycles. The van der Waals surface area contributed by atoms with E-state index in [1.807, 2.05) is 0 Å². The Morgan fingerprint density at radius 1 is 1.28 bits per heavy atom. The van der Waals surface area contributed by atoms with Gasteiger partial charge in [-0.15, -0.1) is 0 Å². The molecule has 1 aromatic rings. The second kappa shape index (κ2) is 4.64. The Morgan fingerprint density at radius 3 is 2.44 bits per heavy atom. The molecule has 0 amide bonds. The number of nitrogens with one attached hydrogen (secondary N) is 1. The van der Waals surface area contributed by atoms with Crippen molar-refractivity contribution in [1.29, 1.82) is 0 Å². The molecule has 1 aliphatic rings. The van der Waals surface area contributed by atoms with Crippen molar-refractivity contribution in [3.63, 3.8) is 0 Å². The van der Waals surface area contributed by atoms with E-state index in [-0.39, 0.29) is 0 Å². The maximum atomic E-state index is 11.0. The van der Waals surface area contributed by atoms with Gasteiger partial charge in [0.25, 0.3) is 0 Å². The lowest BCUT2D eigenvalue weighted by atomic mass is 10.1. The van der Waals surface area contributed by atoms with Gasteiger partial charge in [0.15, 0.2) is 11.5 Å². The molecule has 6 nitrogen and oxygen atoms in total. The molecular weight excluding hydrogens is 238 g/mol. The molecule has 0 spiro atoms. The summed E-state index contributed by atoms with van der Waals surface area (Å²) in [6.07, 6.45) is 0.355. The minimum atomic E-state index is -0.897. The van der Waals surface area contributed by atoms with Crippen LogP contribution in [-0.2, 0) is 11.2 Å². The van der Waals surface area contributed by atoms with Gasteiger partial charge in [-0.2, -0.15) is 0 Å². The summed E-state index contributed by atoms with van der Waals surface area (Å²) in [6, 6.07) is 1.07. The number of anilines is 1. The first-order valence-electron chi connectivity index (χ1n) is 5.43. The van der Waals surface area contributed by atoms with Gasteiger partial charge in [-0.25, -0.2) is 4.79 Å². The third-order valence-corrected chi connectivity index (χ3v) is 2.97. The van der Waals surface area contributed by atoms with E-state index >= 15 is 0 Å². The average molecular weight is 253 g/mol. The van der Waals surface area contributed by atoms with Gasteiger partial charge in [0, 0.05) is 23.7 Å². The van der Waals surface area contributed by atoms with Gasteiger partial charge in [-0.1, -0.05) is 0 Å². The first kappa shape index (κ1) is 12.3. The highest BCUT2D eigenvalue weighted by Crippen LogP contribution is 2.46. The van der Waals surface area contributed by atoms with Gasteiger partial charge in [0.05, 0.1) is 21.3 Å². The van der Waals surface area contributed by atoms with Crippen molar-refractivity contribution in [2.24, 2.45) is 0 Å². The van der Waals surface area contributed by atoms with Gasteiger partial charge in [0.1, 0.15) is 6.04 Å². The van der Waals surface area contributed by atoms with E-state index < -0.39 is 12.0 Å². The van der Waals surface area contributed by atoms with E-state index in [1.165, 1.54) is 21.3 Å². The highest BCUT2D eigenvalue weighted by molar-refractivity contribution is 5.84. The van der Waals surface area contributed by atoms with Crippen LogP contribution in [0.3, 0.4) is 0 Å². The molecule has 1 heterocycles. The fourth-order valence-corrected chi connectivity index (χ4v) is 2.14. The van der Waals surface area contributed by atoms with Gasteiger partial charge in [-0.05, 0) is 0 Å². The van der Waals surface area contributed by atoms with Crippen LogP contribution >= 0.6 is 0 Å². The molecule has 0 saturated heterocycles. The number of aliphatic carboxylic acids is 1. The number of carboxylic acids is 1. The van der Waals surface area contributed by atoms with Crippen molar-refractivity contribution >= 4 is 11.7 Å². The summed E-state index contributed by atoms with van der Waals surface area (Å²) in [5.74, 6) is 0.604. The first-order valence-corrected chi connectivity index (χ1v) is 5.43. The number of benzene rings is 1. The lowest BCUT2D eigenvalue weighted by Gasteiger charge is -2.15. The highest BCUT2D eigenvalue weighted by atomic mass is 16.5. The summed E-state index contributed by atoms with van der Waals surface area (Å²) in [6.45, 7) is 0. The molecule has 0 aliphatic carbocycles. The molecule has 18 heavy (non-hydrogen) atoms. The fourth-order valence-electron chi connectivity index (χ4n) is 2.14. The van der Waals surface area contributed by atoms with Crippen LogP contribution in [0.25, 0.3) is 0 Å². The smallest absolute Gasteiger partial charge is 0.326 e. The zero-order chi connectivity index (χ0) is 13.3. The van der Waals surface area contributed by atoms with Crippen molar-refractivity contribution in [1.82, 2.24) is 0 Å². The van der Waals surface area contributed by atoms with Crippen molar-refractivity contribution in [3.05, 3.63) is 11.6 Å². The number of methoxy groups -OCH3 is 3. The van der Waals surface area contributed by atoms with Crippen molar-refractivity contribution in [2.75, 3.05) is 26.6 Å². The minimum Gasteiger partial charge on any atom is -0.493 e. The van der Waals surface area contributed by atoms with Crippen LogP contribution in [0.15, 0.2) is 6.07 Å². The second-order valence-corrected chi connectivity index (χ2v) is 3.91. The third-order valence-electron chi connectivity index (χ3n) is 2.97. The summed E-state index contributed by atoms with van der Waals surface area (Å²) < 4.78 is 15.8. The minimum absolute atomic E-state index is 0.355. The number of rotatable bonds is 4. The molecule has 98 valence electrons. The summed E-state index contributed by atoms with van der Waals surface area (Å²) in [5, 5.41) is 12.0. The van der Waals surface area contributed by atoms with Crippen LogP contribution in [0.5, 0.6) is 17.2 Å². The molecule has 2 N–H and O–H groups in total. The van der Waals surface area contributed by atoms with Crippen molar-refractivity contribution < 1.29 is 24.1 Å². The predicted molar refractivity (Wildman–Crippen MR) is 64.8 cm³/mol. The molecule has 1 unspecified atom stereocenters. The molecule has 6 heteroatoms. The quantitative estimate of drug-likeness (QED) is 0.837. The van der Waals surface area contributed by atoms with Crippen LogP contribution in [0.1, 0.15) is 5.56 Å². The molecule has 0 bridgehead atoms. The molecule has 0 aromatic heterocycles. The number of hydrogen-bond donors (Lipinski definition) is 2. The van der Waals surface area contributed by atoms with E-state index in [2.05, 4.69) is 5.32 Å². The van der Waals surface area contributed by atoms with Crippen LogP contribution in [0.4, 0.5) is 5.69 Å². The Balaban J connectivity index is 2.52. The summed E-state index contributed by atoms with van der Waals surface area (Å²) >= 11 is 0. The zero-order valence-electron chi connectivity index (χ0n) is 10.4. The summed E-state index contributed by atoms with van der Waals surface area (Å²) in [4.78, 5) is 11.0. The lowest BCUT2D eigenvalue weighted by molar-refractivity contribution is -0.137. The fraction of sp³-hybridized carbons (Fsp3) is 0.417. The van der Waals surface area contributed by atoms with E-state index in [9.17, 15) is 4.79 Å². The van der Waals surface area contributed by atoms with Crippen LogP contribution in [-0.4, -0.2) is 38.4 Å². The molecule has 2 rings (SSSR count). The van der Waals surface area contributed by atoms with Crippen LogP contribution < -0.4 is 19.5 Å². The summed E-state index contributed by atoms with van der Waals surface area (Å²) in [7, 11) is 4.56. The normalized spacial score (nSPS) is 16.7. The second-order valence-electron chi connectivity index (χ2n) is 3.91. The van der Waals surface area contributed by atoms with Crippen LogP contribution in [0, 0.1) is 0 Å². The van der Waals surface area contributed by atoms with Gasteiger partial charge < -0.3 is 24.6 Å². The number of ether oxygens (including phenoxy) is 3. The Labute approximate surface area is 104 Å². The largest absolute Gasteiger partial charge is 0.493 e. The maximum absolute atomic E-state index is 11.0. The van der Waals surface area contributed by atoms with E-state index in [4.69, 9.17) is 19.3 Å². The lowest BCUT2D eigenvalue weighted by Crippen LogP contribution is -2.26. The highest BCUT2D eigenvalue weighted by Gasteiger charge is 2.32. The first-order chi connectivity index (χ1) is 8.62. The number of carbonyl (C=O) groups is 1. The topological polar surface area (TPSA) is 77.0 Å². The van der Waals surface area contributed by atoms with E-state index in [0.29, 0.717) is 29.4 Å². The number of carboxylic acid groups (broad SMARTS) is 1. The molecule has 0 fully saturated rings.